The summed E-state index contributed by atoms with van der Waals surface area (Å²) in [5.74, 6) is -0.937. The van der Waals surface area contributed by atoms with E-state index in [4.69, 9.17) is 4.74 Å². The van der Waals surface area contributed by atoms with Crippen LogP contribution in [0.1, 0.15) is 35.9 Å². The number of carbonyl (C=O) groups excluding carboxylic acids is 1. The van der Waals surface area contributed by atoms with Crippen molar-refractivity contribution in [2.24, 2.45) is 0 Å². The number of nitro groups is 1. The average molecular weight is 366 g/mol. The fourth-order valence-electron chi connectivity index (χ4n) is 5.15. The minimum atomic E-state index is -1.01. The van der Waals surface area contributed by atoms with Crippen molar-refractivity contribution < 1.29 is 14.5 Å². The van der Waals surface area contributed by atoms with Gasteiger partial charge >= 0.3 is 5.97 Å². The zero-order valence-corrected chi connectivity index (χ0v) is 15.2. The number of fused-ring (bicyclic) bond motifs is 1. The van der Waals surface area contributed by atoms with Gasteiger partial charge in [0.25, 0.3) is 0 Å². The monoisotopic (exact) mass is 366 g/mol. The van der Waals surface area contributed by atoms with Crippen LogP contribution in [0, 0.1) is 10.1 Å². The summed E-state index contributed by atoms with van der Waals surface area (Å²) in [5.41, 5.74) is 0.677. The van der Waals surface area contributed by atoms with E-state index >= 15 is 0 Å². The molecule has 2 aromatic rings. The second kappa shape index (κ2) is 6.78. The maximum absolute atomic E-state index is 13.1. The largest absolute Gasteiger partial charge is 0.468 e. The van der Waals surface area contributed by atoms with E-state index in [1.165, 1.54) is 7.11 Å². The molecule has 2 aliphatic rings. The van der Waals surface area contributed by atoms with Crippen molar-refractivity contribution in [1.82, 2.24) is 4.90 Å². The summed E-state index contributed by atoms with van der Waals surface area (Å²) < 4.78 is 5.20. The minimum Gasteiger partial charge on any atom is -0.468 e. The summed E-state index contributed by atoms with van der Waals surface area (Å²) >= 11 is 0. The molecule has 2 aromatic carbocycles. The van der Waals surface area contributed by atoms with Crippen LogP contribution in [-0.4, -0.2) is 41.0 Å². The van der Waals surface area contributed by atoms with Crippen LogP contribution in [0.2, 0.25) is 0 Å². The molecule has 2 saturated heterocycles. The summed E-state index contributed by atoms with van der Waals surface area (Å²) in [7, 11) is 1.37. The SMILES string of the molecule is COC(=O)[C@@]12CCCN1[C@H](c1ccccc1)[C@H]([N+](=O)[O-])[C@@H]2c1ccccc1. The van der Waals surface area contributed by atoms with Gasteiger partial charge in [0.05, 0.1) is 13.0 Å². The van der Waals surface area contributed by atoms with Gasteiger partial charge in [-0.1, -0.05) is 60.7 Å². The van der Waals surface area contributed by atoms with Crippen LogP contribution < -0.4 is 0 Å². The van der Waals surface area contributed by atoms with Crippen molar-refractivity contribution >= 4 is 5.97 Å². The Labute approximate surface area is 157 Å². The Balaban J connectivity index is 1.95. The molecule has 2 heterocycles. The quantitative estimate of drug-likeness (QED) is 0.472. The second-order valence-electron chi connectivity index (χ2n) is 7.23. The normalized spacial score (nSPS) is 30.0. The number of hydrogen-bond acceptors (Lipinski definition) is 5. The molecule has 0 spiro atoms. The number of benzene rings is 2. The predicted octanol–water partition coefficient (Wildman–Crippen LogP) is 3.18. The van der Waals surface area contributed by atoms with Gasteiger partial charge in [-0.2, -0.15) is 0 Å². The number of methoxy groups -OCH3 is 1. The summed E-state index contributed by atoms with van der Waals surface area (Å²) in [5, 5.41) is 12.3. The van der Waals surface area contributed by atoms with Gasteiger partial charge in [0.15, 0.2) is 0 Å². The zero-order valence-electron chi connectivity index (χ0n) is 15.2. The van der Waals surface area contributed by atoms with Gasteiger partial charge < -0.3 is 4.74 Å². The molecule has 6 nitrogen and oxygen atoms in total. The first kappa shape index (κ1) is 17.7. The maximum atomic E-state index is 13.1. The van der Waals surface area contributed by atoms with Crippen LogP contribution in [0.25, 0.3) is 0 Å². The van der Waals surface area contributed by atoms with Gasteiger partial charge in [-0.15, -0.1) is 0 Å². The highest BCUT2D eigenvalue weighted by Gasteiger charge is 2.70. The average Bonchev–Trinajstić information content (AvgIpc) is 3.24. The Morgan fingerprint density at radius 2 is 1.70 bits per heavy atom. The van der Waals surface area contributed by atoms with Crippen LogP contribution >= 0.6 is 0 Å². The lowest BCUT2D eigenvalue weighted by Crippen LogP contribution is -2.51. The lowest BCUT2D eigenvalue weighted by Gasteiger charge is -2.34. The zero-order chi connectivity index (χ0) is 19.0. The maximum Gasteiger partial charge on any atom is 0.327 e. The third kappa shape index (κ3) is 2.55. The van der Waals surface area contributed by atoms with E-state index in [1.807, 2.05) is 65.6 Å². The molecule has 6 heteroatoms. The third-order valence-corrected chi connectivity index (χ3v) is 6.07. The molecule has 27 heavy (non-hydrogen) atoms. The van der Waals surface area contributed by atoms with Crippen molar-refractivity contribution in [3.63, 3.8) is 0 Å². The van der Waals surface area contributed by atoms with E-state index in [0.717, 1.165) is 17.5 Å². The summed E-state index contributed by atoms with van der Waals surface area (Å²) in [6.45, 7) is 0.641. The van der Waals surface area contributed by atoms with E-state index < -0.39 is 23.5 Å². The Hall–Kier alpha value is -2.73. The number of carbonyl (C=O) groups is 1. The van der Waals surface area contributed by atoms with Crippen LogP contribution in [0.3, 0.4) is 0 Å². The molecule has 0 N–H and O–H groups in total. The first-order chi connectivity index (χ1) is 13.1. The third-order valence-electron chi connectivity index (χ3n) is 6.07. The molecule has 0 amide bonds. The molecule has 0 aliphatic carbocycles. The molecule has 4 rings (SSSR count). The molecule has 0 radical (unpaired) electrons. The fraction of sp³-hybridized carbons (Fsp3) is 0.381. The first-order valence-corrected chi connectivity index (χ1v) is 9.20. The molecule has 2 fully saturated rings. The minimum absolute atomic E-state index is 0.210. The van der Waals surface area contributed by atoms with Gasteiger partial charge in [0.2, 0.25) is 6.04 Å². The Bertz CT molecular complexity index is 842. The van der Waals surface area contributed by atoms with Crippen LogP contribution in [0.15, 0.2) is 60.7 Å². The molecule has 140 valence electrons. The van der Waals surface area contributed by atoms with Crippen molar-refractivity contribution in [2.75, 3.05) is 13.7 Å². The molecular weight excluding hydrogens is 344 g/mol. The molecule has 0 bridgehead atoms. The number of rotatable bonds is 4. The van der Waals surface area contributed by atoms with Crippen molar-refractivity contribution in [3.8, 4) is 0 Å². The van der Waals surface area contributed by atoms with Gasteiger partial charge in [-0.25, -0.2) is 0 Å². The Kier molecular flexibility index (Phi) is 4.44. The van der Waals surface area contributed by atoms with Gasteiger partial charge in [-0.05, 0) is 24.0 Å². The van der Waals surface area contributed by atoms with Crippen molar-refractivity contribution in [2.45, 2.75) is 36.4 Å². The van der Waals surface area contributed by atoms with Gasteiger partial charge in [0.1, 0.15) is 11.6 Å². The smallest absolute Gasteiger partial charge is 0.327 e. The van der Waals surface area contributed by atoms with E-state index in [1.54, 1.807) is 0 Å². The first-order valence-electron chi connectivity index (χ1n) is 9.20. The number of hydrogen-bond donors (Lipinski definition) is 0. The number of ether oxygens (including phenoxy) is 1. The number of esters is 1. The van der Waals surface area contributed by atoms with E-state index in [-0.39, 0.29) is 10.9 Å². The topological polar surface area (TPSA) is 72.7 Å². The van der Waals surface area contributed by atoms with E-state index in [2.05, 4.69) is 0 Å². The van der Waals surface area contributed by atoms with Gasteiger partial charge in [0, 0.05) is 11.5 Å². The standard InChI is InChI=1S/C21H22N2O4/c1-27-20(24)21-13-8-14-22(21)18(16-11-6-3-7-12-16)19(23(25)26)17(21)15-9-4-2-5-10-15/h2-7,9-12,17-19H,8,13-14H2,1H3/t17-,18+,19+,21-/m0/s1. The van der Waals surface area contributed by atoms with Crippen LogP contribution in [-0.2, 0) is 9.53 Å². The molecular formula is C21H22N2O4. The highest BCUT2D eigenvalue weighted by atomic mass is 16.6. The lowest BCUT2D eigenvalue weighted by atomic mass is 9.75. The Morgan fingerprint density at radius 3 is 2.26 bits per heavy atom. The second-order valence-corrected chi connectivity index (χ2v) is 7.23. The lowest BCUT2D eigenvalue weighted by molar-refractivity contribution is -0.529. The molecule has 4 atom stereocenters. The summed E-state index contributed by atoms with van der Waals surface area (Å²) in [6, 6.07) is 17.5. The van der Waals surface area contributed by atoms with Crippen LogP contribution in [0.4, 0.5) is 0 Å². The van der Waals surface area contributed by atoms with Crippen molar-refractivity contribution in [1.29, 1.82) is 0 Å². The van der Waals surface area contributed by atoms with E-state index in [0.29, 0.717) is 13.0 Å². The number of nitrogens with zero attached hydrogens (tertiary/aromatic N) is 2. The highest BCUT2D eigenvalue weighted by Crippen LogP contribution is 2.57. The molecule has 0 saturated carbocycles. The predicted molar refractivity (Wildman–Crippen MR) is 99.8 cm³/mol. The molecule has 0 unspecified atom stereocenters. The molecule has 2 aliphatic heterocycles. The van der Waals surface area contributed by atoms with Crippen LogP contribution in [0.5, 0.6) is 0 Å². The Morgan fingerprint density at radius 1 is 1.11 bits per heavy atom. The van der Waals surface area contributed by atoms with Gasteiger partial charge in [-0.3, -0.25) is 19.8 Å². The van der Waals surface area contributed by atoms with Crippen molar-refractivity contribution in [3.05, 3.63) is 81.9 Å². The van der Waals surface area contributed by atoms with E-state index in [9.17, 15) is 14.9 Å². The highest BCUT2D eigenvalue weighted by molar-refractivity contribution is 5.84. The molecule has 0 aromatic heterocycles. The fourth-order valence-corrected chi connectivity index (χ4v) is 5.15. The summed E-state index contributed by atoms with van der Waals surface area (Å²) in [4.78, 5) is 27.2. The summed E-state index contributed by atoms with van der Waals surface area (Å²) in [6.07, 6.45) is 1.37.